The minimum atomic E-state index is -0.263. The molecule has 0 atom stereocenters. The molecule has 100 valence electrons. The summed E-state index contributed by atoms with van der Waals surface area (Å²) < 4.78 is 12.2. The maximum atomic E-state index is 6.12. The lowest BCUT2D eigenvalue weighted by molar-refractivity contribution is 0.00578. The van der Waals surface area contributed by atoms with Crippen molar-refractivity contribution in [2.24, 2.45) is 0 Å². The molecule has 3 heteroatoms. The molecule has 18 heavy (non-hydrogen) atoms. The van der Waals surface area contributed by atoms with Crippen molar-refractivity contribution < 1.29 is 9.31 Å². The van der Waals surface area contributed by atoms with Gasteiger partial charge >= 0.3 is 7.12 Å². The molecule has 2 rings (SSSR count). The fraction of sp³-hybridized carbons (Fsp3) is 0.733. The van der Waals surface area contributed by atoms with E-state index in [1.165, 1.54) is 43.1 Å². The minimum Gasteiger partial charge on any atom is -0.399 e. The molecule has 1 heterocycles. The highest BCUT2D eigenvalue weighted by Crippen LogP contribution is 2.40. The van der Waals surface area contributed by atoms with Gasteiger partial charge in [-0.1, -0.05) is 24.6 Å². The van der Waals surface area contributed by atoms with Crippen LogP contribution in [0, 0.1) is 0 Å². The van der Waals surface area contributed by atoms with Gasteiger partial charge in [-0.25, -0.2) is 0 Å². The van der Waals surface area contributed by atoms with Crippen LogP contribution in [0.5, 0.6) is 0 Å². The van der Waals surface area contributed by atoms with Gasteiger partial charge in [0.25, 0.3) is 0 Å². The summed E-state index contributed by atoms with van der Waals surface area (Å²) in [6, 6.07) is 0. The standard InChI is InChI=1S/C15H25BO2/c1-6-13(12-10-8-7-9-11-12)16-17-14(2,3)15(4,5)18-16/h6H,1,7-11H2,2-5H3. The van der Waals surface area contributed by atoms with Crippen LogP contribution in [-0.4, -0.2) is 18.3 Å². The Morgan fingerprint density at radius 2 is 1.56 bits per heavy atom. The van der Waals surface area contributed by atoms with E-state index in [1.807, 2.05) is 6.08 Å². The lowest BCUT2D eigenvalue weighted by atomic mass is 9.72. The summed E-state index contributed by atoms with van der Waals surface area (Å²) in [5.41, 5.74) is 2.13. The first-order valence-corrected chi connectivity index (χ1v) is 7.07. The molecule has 1 saturated carbocycles. The molecule has 0 N–H and O–H groups in total. The second-order valence-electron chi connectivity index (χ2n) is 6.41. The average Bonchev–Trinajstić information content (AvgIpc) is 2.50. The monoisotopic (exact) mass is 248 g/mol. The lowest BCUT2D eigenvalue weighted by Gasteiger charge is -2.32. The first-order valence-electron chi connectivity index (χ1n) is 7.07. The molecular weight excluding hydrogens is 223 g/mol. The van der Waals surface area contributed by atoms with Gasteiger partial charge in [-0.3, -0.25) is 0 Å². The third-order valence-electron chi connectivity index (χ3n) is 4.59. The van der Waals surface area contributed by atoms with Gasteiger partial charge in [-0.15, -0.1) is 0 Å². The summed E-state index contributed by atoms with van der Waals surface area (Å²) in [5, 5.41) is 0. The van der Waals surface area contributed by atoms with Crippen LogP contribution in [0.2, 0.25) is 0 Å². The molecule has 2 fully saturated rings. The Hall–Kier alpha value is -0.535. The van der Waals surface area contributed by atoms with Crippen molar-refractivity contribution in [1.29, 1.82) is 0 Å². The summed E-state index contributed by atoms with van der Waals surface area (Å²) >= 11 is 0. The summed E-state index contributed by atoms with van der Waals surface area (Å²) in [7, 11) is -0.236. The van der Waals surface area contributed by atoms with E-state index in [1.54, 1.807) is 0 Å². The SMILES string of the molecule is C=CC(B1OC(C)(C)C(C)(C)O1)=C1CCCCC1. The summed E-state index contributed by atoms with van der Waals surface area (Å²) in [6.07, 6.45) is 8.19. The van der Waals surface area contributed by atoms with Crippen molar-refractivity contribution in [3.8, 4) is 0 Å². The molecule has 0 bridgehead atoms. The molecule has 0 aromatic rings. The van der Waals surface area contributed by atoms with E-state index in [2.05, 4.69) is 34.3 Å². The normalized spacial score (nSPS) is 26.2. The summed E-state index contributed by atoms with van der Waals surface area (Å²) in [6.45, 7) is 12.3. The zero-order chi connectivity index (χ0) is 13.4. The predicted octanol–water partition coefficient (Wildman–Crippen LogP) is 4.06. The zero-order valence-corrected chi connectivity index (χ0v) is 12.2. The number of rotatable bonds is 2. The number of hydrogen-bond acceptors (Lipinski definition) is 2. The van der Waals surface area contributed by atoms with Gasteiger partial charge in [0, 0.05) is 0 Å². The average molecular weight is 248 g/mol. The first kappa shape index (κ1) is 13.9. The highest BCUT2D eigenvalue weighted by Gasteiger charge is 2.52. The number of hydrogen-bond donors (Lipinski definition) is 0. The molecule has 2 aliphatic rings. The molecule has 1 aliphatic heterocycles. The third kappa shape index (κ3) is 2.43. The molecule has 0 unspecified atom stereocenters. The van der Waals surface area contributed by atoms with Crippen molar-refractivity contribution in [3.05, 3.63) is 23.7 Å². The zero-order valence-electron chi connectivity index (χ0n) is 12.2. The maximum absolute atomic E-state index is 6.12. The molecule has 0 aromatic carbocycles. The Bertz CT molecular complexity index is 345. The summed E-state index contributed by atoms with van der Waals surface area (Å²) in [5.74, 6) is 0. The van der Waals surface area contributed by atoms with Gasteiger partial charge in [0.05, 0.1) is 11.2 Å². The van der Waals surface area contributed by atoms with Crippen LogP contribution in [0.4, 0.5) is 0 Å². The van der Waals surface area contributed by atoms with Crippen LogP contribution in [0.3, 0.4) is 0 Å². The molecule has 1 aliphatic carbocycles. The summed E-state index contributed by atoms with van der Waals surface area (Å²) in [4.78, 5) is 0. The molecule has 2 nitrogen and oxygen atoms in total. The van der Waals surface area contributed by atoms with Gasteiger partial charge < -0.3 is 9.31 Å². The molecule has 0 amide bonds. The highest BCUT2D eigenvalue weighted by atomic mass is 16.7. The van der Waals surface area contributed by atoms with Gasteiger partial charge in [-0.2, -0.15) is 0 Å². The maximum Gasteiger partial charge on any atom is 0.494 e. The van der Waals surface area contributed by atoms with Crippen molar-refractivity contribution in [2.45, 2.75) is 71.0 Å². The Kier molecular flexibility index (Phi) is 3.75. The van der Waals surface area contributed by atoms with Gasteiger partial charge in [-0.05, 0) is 58.9 Å². The Balaban J connectivity index is 2.23. The fourth-order valence-electron chi connectivity index (χ4n) is 2.64. The second-order valence-corrected chi connectivity index (χ2v) is 6.41. The van der Waals surface area contributed by atoms with Crippen molar-refractivity contribution in [2.75, 3.05) is 0 Å². The number of allylic oxidation sites excluding steroid dienone is 3. The van der Waals surface area contributed by atoms with E-state index in [0.29, 0.717) is 0 Å². The van der Waals surface area contributed by atoms with Crippen LogP contribution in [0.15, 0.2) is 23.7 Å². The van der Waals surface area contributed by atoms with E-state index in [9.17, 15) is 0 Å². The molecule has 0 spiro atoms. The quantitative estimate of drug-likeness (QED) is 0.686. The van der Waals surface area contributed by atoms with Gasteiger partial charge in [0.2, 0.25) is 0 Å². The van der Waals surface area contributed by atoms with Crippen LogP contribution in [0.1, 0.15) is 59.8 Å². The topological polar surface area (TPSA) is 18.5 Å². The van der Waals surface area contributed by atoms with E-state index in [0.717, 1.165) is 0 Å². The largest absolute Gasteiger partial charge is 0.494 e. The smallest absolute Gasteiger partial charge is 0.399 e. The van der Waals surface area contributed by atoms with Crippen LogP contribution >= 0.6 is 0 Å². The first-order chi connectivity index (χ1) is 8.37. The van der Waals surface area contributed by atoms with Gasteiger partial charge in [0.15, 0.2) is 0 Å². The lowest BCUT2D eigenvalue weighted by Crippen LogP contribution is -2.41. The second kappa shape index (κ2) is 4.86. The fourth-order valence-corrected chi connectivity index (χ4v) is 2.64. The Labute approximate surface area is 112 Å². The van der Waals surface area contributed by atoms with Crippen molar-refractivity contribution >= 4 is 7.12 Å². The van der Waals surface area contributed by atoms with E-state index < -0.39 is 0 Å². The Morgan fingerprint density at radius 3 is 2.00 bits per heavy atom. The molecule has 0 radical (unpaired) electrons. The van der Waals surface area contributed by atoms with Crippen LogP contribution in [0.25, 0.3) is 0 Å². The Morgan fingerprint density at radius 1 is 1.06 bits per heavy atom. The van der Waals surface area contributed by atoms with Crippen molar-refractivity contribution in [3.63, 3.8) is 0 Å². The van der Waals surface area contributed by atoms with E-state index in [4.69, 9.17) is 9.31 Å². The van der Waals surface area contributed by atoms with E-state index >= 15 is 0 Å². The molecular formula is C15H25BO2. The third-order valence-corrected chi connectivity index (χ3v) is 4.59. The minimum absolute atomic E-state index is 0.236. The van der Waals surface area contributed by atoms with Crippen LogP contribution in [-0.2, 0) is 9.31 Å². The highest BCUT2D eigenvalue weighted by molar-refractivity contribution is 6.55. The molecule has 1 saturated heterocycles. The molecule has 0 aromatic heterocycles. The van der Waals surface area contributed by atoms with Crippen molar-refractivity contribution in [1.82, 2.24) is 0 Å². The van der Waals surface area contributed by atoms with Gasteiger partial charge in [0.1, 0.15) is 0 Å². The van der Waals surface area contributed by atoms with E-state index in [-0.39, 0.29) is 18.3 Å². The van der Waals surface area contributed by atoms with Crippen LogP contribution < -0.4 is 0 Å². The predicted molar refractivity (Wildman–Crippen MR) is 76.4 cm³/mol.